The molecule has 106 valence electrons. The SMILES string of the molecule is CCCNC(CCC1CC1)c1cc(OC)ccc1Br. The van der Waals surface area contributed by atoms with Crippen molar-refractivity contribution >= 4 is 15.9 Å². The molecule has 1 aliphatic rings. The first kappa shape index (κ1) is 14.9. The van der Waals surface area contributed by atoms with Crippen LogP contribution in [0, 0.1) is 5.92 Å². The lowest BCUT2D eigenvalue weighted by atomic mass is 10.00. The molecule has 0 heterocycles. The number of nitrogens with one attached hydrogen (secondary N) is 1. The zero-order valence-electron chi connectivity index (χ0n) is 11.9. The van der Waals surface area contributed by atoms with E-state index in [4.69, 9.17) is 4.74 Å². The Morgan fingerprint density at radius 3 is 2.84 bits per heavy atom. The zero-order chi connectivity index (χ0) is 13.7. The molecule has 2 rings (SSSR count). The van der Waals surface area contributed by atoms with Crippen molar-refractivity contribution in [3.63, 3.8) is 0 Å². The van der Waals surface area contributed by atoms with Crippen LogP contribution in [0.1, 0.15) is 50.6 Å². The van der Waals surface area contributed by atoms with Crippen LogP contribution in [-0.4, -0.2) is 13.7 Å². The molecule has 0 bridgehead atoms. The second-order valence-corrected chi connectivity index (χ2v) is 6.27. The molecular formula is C16H24BrNO. The quantitative estimate of drug-likeness (QED) is 0.748. The summed E-state index contributed by atoms with van der Waals surface area (Å²) in [6.45, 7) is 3.28. The van der Waals surface area contributed by atoms with E-state index in [2.05, 4.69) is 40.3 Å². The van der Waals surface area contributed by atoms with Crippen LogP contribution in [0.3, 0.4) is 0 Å². The number of methoxy groups -OCH3 is 1. The van der Waals surface area contributed by atoms with E-state index in [-0.39, 0.29) is 0 Å². The lowest BCUT2D eigenvalue weighted by molar-refractivity contribution is 0.411. The molecule has 0 radical (unpaired) electrons. The Balaban J connectivity index is 2.09. The topological polar surface area (TPSA) is 21.3 Å². The Morgan fingerprint density at radius 1 is 1.42 bits per heavy atom. The van der Waals surface area contributed by atoms with Crippen LogP contribution in [0.2, 0.25) is 0 Å². The summed E-state index contributed by atoms with van der Waals surface area (Å²) in [5.74, 6) is 1.92. The van der Waals surface area contributed by atoms with Gasteiger partial charge in [0, 0.05) is 10.5 Å². The van der Waals surface area contributed by atoms with Gasteiger partial charge in [-0.1, -0.05) is 35.7 Å². The molecule has 3 heteroatoms. The fourth-order valence-electron chi connectivity index (χ4n) is 2.41. The first-order valence-corrected chi connectivity index (χ1v) is 8.10. The molecule has 0 aromatic heterocycles. The summed E-state index contributed by atoms with van der Waals surface area (Å²) >= 11 is 3.68. The molecule has 1 atom stereocenters. The van der Waals surface area contributed by atoms with Crippen molar-refractivity contribution in [3.05, 3.63) is 28.2 Å². The summed E-state index contributed by atoms with van der Waals surface area (Å²) in [4.78, 5) is 0. The highest BCUT2D eigenvalue weighted by atomic mass is 79.9. The summed E-state index contributed by atoms with van der Waals surface area (Å²) in [6.07, 6.45) is 6.59. The van der Waals surface area contributed by atoms with Gasteiger partial charge in [0.1, 0.15) is 5.75 Å². The number of benzene rings is 1. The van der Waals surface area contributed by atoms with Crippen molar-refractivity contribution in [1.82, 2.24) is 5.32 Å². The zero-order valence-corrected chi connectivity index (χ0v) is 13.5. The second-order valence-electron chi connectivity index (χ2n) is 5.41. The molecule has 19 heavy (non-hydrogen) atoms. The minimum absolute atomic E-state index is 0.435. The summed E-state index contributed by atoms with van der Waals surface area (Å²) < 4.78 is 6.53. The van der Waals surface area contributed by atoms with Crippen molar-refractivity contribution < 1.29 is 4.74 Å². The van der Waals surface area contributed by atoms with Gasteiger partial charge in [-0.25, -0.2) is 0 Å². The van der Waals surface area contributed by atoms with Gasteiger partial charge in [0.2, 0.25) is 0 Å². The highest BCUT2D eigenvalue weighted by Crippen LogP contribution is 2.37. The lowest BCUT2D eigenvalue weighted by Gasteiger charge is -2.21. The van der Waals surface area contributed by atoms with Gasteiger partial charge in [-0.15, -0.1) is 0 Å². The Labute approximate surface area is 125 Å². The molecule has 1 N–H and O–H groups in total. The van der Waals surface area contributed by atoms with E-state index in [0.717, 1.165) is 18.2 Å². The summed E-state index contributed by atoms with van der Waals surface area (Å²) in [5.41, 5.74) is 1.33. The van der Waals surface area contributed by atoms with Gasteiger partial charge in [-0.3, -0.25) is 0 Å². The monoisotopic (exact) mass is 325 g/mol. The molecule has 2 nitrogen and oxygen atoms in total. The Hall–Kier alpha value is -0.540. The molecule has 1 aromatic rings. The van der Waals surface area contributed by atoms with E-state index in [0.29, 0.717) is 6.04 Å². The predicted octanol–water partition coefficient (Wildman–Crippen LogP) is 4.69. The minimum Gasteiger partial charge on any atom is -0.497 e. The summed E-state index contributed by atoms with van der Waals surface area (Å²) in [7, 11) is 1.73. The number of rotatable bonds is 8. The molecule has 0 saturated heterocycles. The molecule has 0 spiro atoms. The third-order valence-electron chi connectivity index (χ3n) is 3.78. The third-order valence-corrected chi connectivity index (χ3v) is 4.50. The lowest BCUT2D eigenvalue weighted by Crippen LogP contribution is -2.22. The molecule has 0 amide bonds. The number of ether oxygens (including phenoxy) is 1. The van der Waals surface area contributed by atoms with Gasteiger partial charge in [0.25, 0.3) is 0 Å². The largest absolute Gasteiger partial charge is 0.497 e. The second kappa shape index (κ2) is 7.30. The molecular weight excluding hydrogens is 302 g/mol. The number of hydrogen-bond donors (Lipinski definition) is 1. The van der Waals surface area contributed by atoms with Crippen LogP contribution in [0.5, 0.6) is 5.75 Å². The van der Waals surface area contributed by atoms with Crippen molar-refractivity contribution in [2.24, 2.45) is 5.92 Å². The summed E-state index contributed by atoms with van der Waals surface area (Å²) in [5, 5.41) is 3.68. The van der Waals surface area contributed by atoms with Gasteiger partial charge in [0.15, 0.2) is 0 Å². The highest BCUT2D eigenvalue weighted by molar-refractivity contribution is 9.10. The Kier molecular flexibility index (Phi) is 5.71. The van der Waals surface area contributed by atoms with E-state index >= 15 is 0 Å². The normalized spacial score (nSPS) is 16.4. The average molecular weight is 326 g/mol. The Morgan fingerprint density at radius 2 is 2.21 bits per heavy atom. The van der Waals surface area contributed by atoms with E-state index in [1.165, 1.54) is 42.1 Å². The highest BCUT2D eigenvalue weighted by Gasteiger charge is 2.23. The van der Waals surface area contributed by atoms with Crippen LogP contribution in [-0.2, 0) is 0 Å². The smallest absolute Gasteiger partial charge is 0.119 e. The number of hydrogen-bond acceptors (Lipinski definition) is 2. The third kappa shape index (κ3) is 4.50. The van der Waals surface area contributed by atoms with Crippen molar-refractivity contribution in [2.45, 2.75) is 45.1 Å². The molecule has 1 aromatic carbocycles. The van der Waals surface area contributed by atoms with Crippen molar-refractivity contribution in [1.29, 1.82) is 0 Å². The maximum absolute atomic E-state index is 5.35. The molecule has 0 aliphatic heterocycles. The first-order chi connectivity index (χ1) is 9.24. The fraction of sp³-hybridized carbons (Fsp3) is 0.625. The van der Waals surface area contributed by atoms with Gasteiger partial charge in [-0.05, 0) is 55.5 Å². The maximum Gasteiger partial charge on any atom is 0.119 e. The van der Waals surface area contributed by atoms with Gasteiger partial charge in [0.05, 0.1) is 7.11 Å². The summed E-state index contributed by atoms with van der Waals surface area (Å²) in [6, 6.07) is 6.69. The van der Waals surface area contributed by atoms with E-state index in [1.807, 2.05) is 6.07 Å². The molecule has 1 fully saturated rings. The standard InChI is InChI=1S/C16H24BrNO/c1-3-10-18-16(9-6-12-4-5-12)14-11-13(19-2)7-8-15(14)17/h7-8,11-12,16,18H,3-6,9-10H2,1-2H3. The van der Waals surface area contributed by atoms with Crippen LogP contribution in [0.15, 0.2) is 22.7 Å². The van der Waals surface area contributed by atoms with Gasteiger partial charge >= 0.3 is 0 Å². The average Bonchev–Trinajstić information content (AvgIpc) is 3.24. The van der Waals surface area contributed by atoms with Crippen LogP contribution in [0.25, 0.3) is 0 Å². The van der Waals surface area contributed by atoms with Gasteiger partial charge < -0.3 is 10.1 Å². The first-order valence-electron chi connectivity index (χ1n) is 7.31. The van der Waals surface area contributed by atoms with Crippen molar-refractivity contribution in [3.8, 4) is 5.75 Å². The Bertz CT molecular complexity index is 404. The van der Waals surface area contributed by atoms with Crippen LogP contribution < -0.4 is 10.1 Å². The van der Waals surface area contributed by atoms with Crippen molar-refractivity contribution in [2.75, 3.05) is 13.7 Å². The van der Waals surface area contributed by atoms with E-state index < -0.39 is 0 Å². The predicted molar refractivity (Wildman–Crippen MR) is 83.7 cm³/mol. The van der Waals surface area contributed by atoms with E-state index in [1.54, 1.807) is 7.11 Å². The van der Waals surface area contributed by atoms with Gasteiger partial charge in [-0.2, -0.15) is 0 Å². The van der Waals surface area contributed by atoms with Crippen LogP contribution in [0.4, 0.5) is 0 Å². The molecule has 1 saturated carbocycles. The van der Waals surface area contributed by atoms with Crippen LogP contribution >= 0.6 is 15.9 Å². The minimum atomic E-state index is 0.435. The van der Waals surface area contributed by atoms with E-state index in [9.17, 15) is 0 Å². The number of halogens is 1. The maximum atomic E-state index is 5.35. The molecule has 1 unspecified atom stereocenters. The molecule has 1 aliphatic carbocycles. The fourth-order valence-corrected chi connectivity index (χ4v) is 2.93.